The van der Waals surface area contributed by atoms with Crippen molar-refractivity contribution in [2.24, 2.45) is 7.05 Å². The molecule has 0 unspecified atom stereocenters. The topological polar surface area (TPSA) is 92.5 Å². The molecular weight excluding hydrogens is 382 g/mol. The molecule has 8 heteroatoms. The number of fused-ring (bicyclic) bond motifs is 1. The number of carbonyl (C=O) groups is 1. The highest BCUT2D eigenvalue weighted by Gasteiger charge is 2.11. The molecule has 4 rings (SSSR count). The summed E-state index contributed by atoms with van der Waals surface area (Å²) in [5.74, 6) is 0.564. The lowest BCUT2D eigenvalue weighted by Crippen LogP contribution is -2.08. The van der Waals surface area contributed by atoms with Gasteiger partial charge in [0.2, 0.25) is 5.95 Å². The maximum absolute atomic E-state index is 11.1. The van der Waals surface area contributed by atoms with Gasteiger partial charge in [-0.25, -0.2) is 14.8 Å². The lowest BCUT2D eigenvalue weighted by atomic mass is 10.2. The van der Waals surface area contributed by atoms with E-state index in [9.17, 15) is 4.79 Å². The predicted octanol–water partition coefficient (Wildman–Crippen LogP) is 4.27. The first kappa shape index (κ1) is 19.3. The lowest BCUT2D eigenvalue weighted by molar-refractivity contribution is 0.0690. The first-order chi connectivity index (χ1) is 14.4. The molecule has 4 aromatic rings. The van der Waals surface area contributed by atoms with Gasteiger partial charge in [0.15, 0.2) is 5.69 Å². The Hall–Kier alpha value is -4.07. The number of imidazole rings is 1. The van der Waals surface area contributed by atoms with Crippen molar-refractivity contribution in [3.8, 4) is 11.5 Å². The van der Waals surface area contributed by atoms with Gasteiger partial charge in [-0.05, 0) is 42.5 Å². The van der Waals surface area contributed by atoms with E-state index < -0.39 is 5.97 Å². The highest BCUT2D eigenvalue weighted by Crippen LogP contribution is 2.28. The van der Waals surface area contributed by atoms with Crippen molar-refractivity contribution in [2.45, 2.75) is 0 Å². The number of hydrogen-bond acceptors (Lipinski definition) is 6. The molecule has 0 aliphatic carbocycles. The van der Waals surface area contributed by atoms with E-state index in [1.165, 1.54) is 12.3 Å². The maximum atomic E-state index is 11.1. The van der Waals surface area contributed by atoms with Crippen molar-refractivity contribution in [3.05, 3.63) is 66.5 Å². The van der Waals surface area contributed by atoms with Crippen LogP contribution < -0.4 is 15.0 Å². The third-order valence-electron chi connectivity index (χ3n) is 4.68. The summed E-state index contributed by atoms with van der Waals surface area (Å²) in [4.78, 5) is 21.6. The zero-order valence-electron chi connectivity index (χ0n) is 16.8. The number of rotatable bonds is 6. The van der Waals surface area contributed by atoms with E-state index in [1.54, 1.807) is 6.07 Å². The third-order valence-corrected chi connectivity index (χ3v) is 4.68. The van der Waals surface area contributed by atoms with Crippen LogP contribution in [-0.2, 0) is 7.05 Å². The van der Waals surface area contributed by atoms with Gasteiger partial charge in [0, 0.05) is 50.8 Å². The Morgan fingerprint density at radius 2 is 1.80 bits per heavy atom. The molecule has 0 atom stereocenters. The number of carboxylic acid groups (broad SMARTS) is 1. The first-order valence-corrected chi connectivity index (χ1v) is 9.29. The Morgan fingerprint density at radius 3 is 2.50 bits per heavy atom. The van der Waals surface area contributed by atoms with Crippen LogP contribution in [0.3, 0.4) is 0 Å². The smallest absolute Gasteiger partial charge is 0.354 e. The Labute approximate surface area is 173 Å². The molecule has 0 radical (unpaired) electrons. The fourth-order valence-electron chi connectivity index (χ4n) is 3.05. The standard InChI is InChI=1S/C22H21N5O3/c1-26(2)15-6-4-14(5-7-15)24-22-25-18-12-16(8-9-20(18)27(22)3)30-17-10-11-23-19(13-17)21(28)29/h4-13H,1-3H3,(H,24,25)(H,28,29). The number of nitrogens with zero attached hydrogens (tertiary/aromatic N) is 4. The summed E-state index contributed by atoms with van der Waals surface area (Å²) in [5, 5.41) is 12.4. The normalized spacial score (nSPS) is 10.8. The van der Waals surface area contributed by atoms with E-state index >= 15 is 0 Å². The molecule has 0 saturated carbocycles. The molecule has 0 aliphatic rings. The zero-order valence-corrected chi connectivity index (χ0v) is 16.8. The SMILES string of the molecule is CN(C)c1ccc(Nc2nc3cc(Oc4ccnc(C(=O)O)c4)ccc3n2C)cc1. The summed E-state index contributed by atoms with van der Waals surface area (Å²) >= 11 is 0. The third kappa shape index (κ3) is 3.88. The van der Waals surface area contributed by atoms with E-state index in [4.69, 9.17) is 9.84 Å². The number of nitrogens with one attached hydrogen (secondary N) is 1. The van der Waals surface area contributed by atoms with Crippen molar-refractivity contribution in [3.63, 3.8) is 0 Å². The summed E-state index contributed by atoms with van der Waals surface area (Å²) in [6.45, 7) is 0. The average Bonchev–Trinajstić information content (AvgIpc) is 3.03. The number of aromatic nitrogens is 3. The Bertz CT molecular complexity index is 1220. The molecule has 0 amide bonds. The number of pyridine rings is 1. The van der Waals surface area contributed by atoms with Gasteiger partial charge in [0.25, 0.3) is 0 Å². The van der Waals surface area contributed by atoms with Crippen LogP contribution in [0.4, 0.5) is 17.3 Å². The highest BCUT2D eigenvalue weighted by molar-refractivity contribution is 5.85. The van der Waals surface area contributed by atoms with Crippen LogP contribution in [-0.4, -0.2) is 39.7 Å². The van der Waals surface area contributed by atoms with Gasteiger partial charge in [0.1, 0.15) is 11.5 Å². The van der Waals surface area contributed by atoms with Crippen molar-refractivity contribution in [1.82, 2.24) is 14.5 Å². The first-order valence-electron chi connectivity index (χ1n) is 9.29. The van der Waals surface area contributed by atoms with Crippen LogP contribution in [0.2, 0.25) is 0 Å². The van der Waals surface area contributed by atoms with Gasteiger partial charge in [-0.2, -0.15) is 0 Å². The summed E-state index contributed by atoms with van der Waals surface area (Å²) < 4.78 is 7.77. The van der Waals surface area contributed by atoms with Gasteiger partial charge in [-0.3, -0.25) is 0 Å². The van der Waals surface area contributed by atoms with Crippen molar-refractivity contribution in [1.29, 1.82) is 0 Å². The molecule has 30 heavy (non-hydrogen) atoms. The van der Waals surface area contributed by atoms with Crippen LogP contribution in [0, 0.1) is 0 Å². The van der Waals surface area contributed by atoms with E-state index in [1.807, 2.05) is 73.1 Å². The number of benzene rings is 2. The Balaban J connectivity index is 1.58. The van der Waals surface area contributed by atoms with Crippen molar-refractivity contribution >= 4 is 34.3 Å². The van der Waals surface area contributed by atoms with E-state index in [0.717, 1.165) is 22.4 Å². The molecule has 0 spiro atoms. The van der Waals surface area contributed by atoms with Gasteiger partial charge in [-0.15, -0.1) is 0 Å². The monoisotopic (exact) mass is 403 g/mol. The molecule has 0 bridgehead atoms. The van der Waals surface area contributed by atoms with Crippen molar-refractivity contribution < 1.29 is 14.6 Å². The fourth-order valence-corrected chi connectivity index (χ4v) is 3.05. The number of ether oxygens (including phenoxy) is 1. The second kappa shape index (κ2) is 7.75. The second-order valence-corrected chi connectivity index (χ2v) is 7.00. The fraction of sp³-hybridized carbons (Fsp3) is 0.136. The van der Waals surface area contributed by atoms with Gasteiger partial charge >= 0.3 is 5.97 Å². The Kier molecular flexibility index (Phi) is 4.97. The van der Waals surface area contributed by atoms with Crippen LogP contribution in [0.1, 0.15) is 10.5 Å². The molecule has 2 heterocycles. The number of carboxylic acids is 1. The zero-order chi connectivity index (χ0) is 21.3. The largest absolute Gasteiger partial charge is 0.477 e. The minimum absolute atomic E-state index is 0.0711. The number of aryl methyl sites for hydroxylation is 1. The molecular formula is C22H21N5O3. The van der Waals surface area contributed by atoms with Crippen LogP contribution >= 0.6 is 0 Å². The molecule has 0 saturated heterocycles. The maximum Gasteiger partial charge on any atom is 0.354 e. The minimum Gasteiger partial charge on any atom is -0.477 e. The minimum atomic E-state index is -1.10. The average molecular weight is 403 g/mol. The summed E-state index contributed by atoms with van der Waals surface area (Å²) in [5.41, 5.74) is 3.69. The lowest BCUT2D eigenvalue weighted by Gasteiger charge is -2.13. The number of aromatic carboxylic acids is 1. The van der Waals surface area contributed by atoms with E-state index in [-0.39, 0.29) is 5.69 Å². The number of anilines is 3. The van der Waals surface area contributed by atoms with E-state index in [0.29, 0.717) is 17.4 Å². The summed E-state index contributed by atoms with van der Waals surface area (Å²) in [6.07, 6.45) is 1.40. The molecule has 8 nitrogen and oxygen atoms in total. The Morgan fingerprint density at radius 1 is 1.07 bits per heavy atom. The molecule has 2 aromatic carbocycles. The molecule has 2 N–H and O–H groups in total. The van der Waals surface area contributed by atoms with Crippen LogP contribution in [0.15, 0.2) is 60.8 Å². The molecule has 0 aliphatic heterocycles. The van der Waals surface area contributed by atoms with Gasteiger partial charge < -0.3 is 24.6 Å². The quantitative estimate of drug-likeness (QED) is 0.497. The number of hydrogen-bond donors (Lipinski definition) is 2. The summed E-state index contributed by atoms with van der Waals surface area (Å²) in [6, 6.07) is 16.6. The van der Waals surface area contributed by atoms with Crippen LogP contribution in [0.25, 0.3) is 11.0 Å². The summed E-state index contributed by atoms with van der Waals surface area (Å²) in [7, 11) is 5.94. The highest BCUT2D eigenvalue weighted by atomic mass is 16.5. The molecule has 152 valence electrons. The van der Waals surface area contributed by atoms with Crippen LogP contribution in [0.5, 0.6) is 11.5 Å². The second-order valence-electron chi connectivity index (χ2n) is 7.00. The predicted molar refractivity (Wildman–Crippen MR) is 116 cm³/mol. The van der Waals surface area contributed by atoms with Gasteiger partial charge in [0.05, 0.1) is 11.0 Å². The van der Waals surface area contributed by atoms with E-state index in [2.05, 4.69) is 15.3 Å². The molecule has 0 fully saturated rings. The van der Waals surface area contributed by atoms with Gasteiger partial charge in [-0.1, -0.05) is 0 Å². The molecule has 2 aromatic heterocycles. The van der Waals surface area contributed by atoms with Crippen molar-refractivity contribution in [2.75, 3.05) is 24.3 Å².